The molecule has 1 unspecified atom stereocenters. The van der Waals surface area contributed by atoms with E-state index in [1.165, 1.54) is 4.88 Å². The fraction of sp³-hybridized carbons (Fsp3) is 0.524. The molecule has 2 aromatic heterocycles. The number of nitrogens with zero attached hydrogens (tertiary/aromatic N) is 3. The number of hydrogen-bond acceptors (Lipinski definition) is 8. The predicted molar refractivity (Wildman–Crippen MR) is 116 cm³/mol. The zero-order valence-corrected chi connectivity index (χ0v) is 20.1. The highest BCUT2D eigenvalue weighted by Crippen LogP contribution is 2.41. The van der Waals surface area contributed by atoms with Crippen LogP contribution in [0.1, 0.15) is 17.0 Å². The minimum atomic E-state index is -5.08. The summed E-state index contributed by atoms with van der Waals surface area (Å²) in [6, 6.07) is 3.86. The maximum absolute atomic E-state index is 10.6. The van der Waals surface area contributed by atoms with Crippen molar-refractivity contribution >= 4 is 23.3 Å². The lowest BCUT2D eigenvalue weighted by Gasteiger charge is -2.50. The van der Waals surface area contributed by atoms with Crippen LogP contribution in [0.2, 0.25) is 0 Å². The fourth-order valence-corrected chi connectivity index (χ4v) is 4.32. The van der Waals surface area contributed by atoms with Gasteiger partial charge in [0.25, 0.3) is 0 Å². The molecule has 0 aromatic carbocycles. The predicted octanol–water partition coefficient (Wildman–Crippen LogP) is 3.78. The van der Waals surface area contributed by atoms with Crippen molar-refractivity contribution in [3.05, 3.63) is 40.6 Å². The van der Waals surface area contributed by atoms with Crippen molar-refractivity contribution in [1.29, 1.82) is 0 Å². The van der Waals surface area contributed by atoms with Crippen LogP contribution in [0.25, 0.3) is 0 Å². The summed E-state index contributed by atoms with van der Waals surface area (Å²) in [6.07, 6.45) is -5.56. The van der Waals surface area contributed by atoms with Gasteiger partial charge in [0.1, 0.15) is 5.75 Å². The van der Waals surface area contributed by atoms with Crippen molar-refractivity contribution < 1.29 is 55.6 Å². The molecule has 1 atom stereocenters. The standard InChI is InChI=1S/C17H21N3O2S.2C2HF3O2/c1-13-16(23-12-19-13)8-20-10-17(11-20)14(4-6-22-17)9-21-15-3-2-5-18-7-15;2*3-2(4,5)1(6)7/h2-3,5,7,12,14H,4,6,8-11H2,1H3;2*(H,6,7). The van der Waals surface area contributed by atoms with E-state index in [9.17, 15) is 26.3 Å². The van der Waals surface area contributed by atoms with E-state index in [0.717, 1.165) is 44.1 Å². The molecule has 2 aliphatic rings. The molecule has 0 bridgehead atoms. The molecular formula is C21H23F6N3O6S. The Hall–Kier alpha value is -2.98. The molecule has 2 N–H and O–H groups in total. The van der Waals surface area contributed by atoms with Gasteiger partial charge < -0.3 is 19.7 Å². The number of aryl methyl sites for hydroxylation is 1. The minimum Gasteiger partial charge on any atom is -0.492 e. The van der Waals surface area contributed by atoms with Crippen LogP contribution in [0.5, 0.6) is 5.75 Å². The summed E-state index contributed by atoms with van der Waals surface area (Å²) >= 11 is 1.74. The Kier molecular flexibility index (Phi) is 10.2. The van der Waals surface area contributed by atoms with Crippen LogP contribution in [0.3, 0.4) is 0 Å². The Morgan fingerprint density at radius 3 is 2.24 bits per heavy atom. The molecule has 0 radical (unpaired) electrons. The molecule has 0 amide bonds. The molecule has 206 valence electrons. The van der Waals surface area contributed by atoms with Crippen molar-refractivity contribution in [2.45, 2.75) is 37.8 Å². The summed E-state index contributed by atoms with van der Waals surface area (Å²) in [5, 5.41) is 14.2. The van der Waals surface area contributed by atoms with Crippen LogP contribution in [0, 0.1) is 12.8 Å². The number of hydrogen-bond donors (Lipinski definition) is 2. The van der Waals surface area contributed by atoms with E-state index in [1.54, 1.807) is 23.7 Å². The first-order chi connectivity index (χ1) is 17.1. The van der Waals surface area contributed by atoms with E-state index in [4.69, 9.17) is 29.3 Å². The van der Waals surface area contributed by atoms with E-state index in [1.807, 2.05) is 17.6 Å². The van der Waals surface area contributed by atoms with Crippen molar-refractivity contribution in [1.82, 2.24) is 14.9 Å². The number of rotatable bonds is 5. The summed E-state index contributed by atoms with van der Waals surface area (Å²) in [7, 11) is 0. The maximum Gasteiger partial charge on any atom is 0.490 e. The third-order valence-corrected chi connectivity index (χ3v) is 6.28. The summed E-state index contributed by atoms with van der Waals surface area (Å²) < 4.78 is 75.5. The van der Waals surface area contributed by atoms with Gasteiger partial charge in [0.05, 0.1) is 29.6 Å². The molecule has 0 aliphatic carbocycles. The molecule has 1 spiro atoms. The third-order valence-electron chi connectivity index (χ3n) is 5.36. The molecule has 4 rings (SSSR count). The smallest absolute Gasteiger partial charge is 0.490 e. The highest BCUT2D eigenvalue weighted by atomic mass is 32.1. The van der Waals surface area contributed by atoms with E-state index in [2.05, 4.69) is 21.8 Å². The summed E-state index contributed by atoms with van der Waals surface area (Å²) in [4.78, 5) is 30.0. The topological polar surface area (TPSA) is 122 Å². The molecule has 16 heteroatoms. The SMILES string of the molecule is Cc1ncsc1CN1CC2(C1)OCCC2COc1cccnc1.O=C(O)C(F)(F)F.O=C(O)C(F)(F)F. The average Bonchev–Trinajstić information content (AvgIpc) is 3.38. The number of aliphatic carboxylic acids is 2. The largest absolute Gasteiger partial charge is 0.492 e. The van der Waals surface area contributed by atoms with Gasteiger partial charge in [-0.25, -0.2) is 14.6 Å². The van der Waals surface area contributed by atoms with Gasteiger partial charge in [0, 0.05) is 43.2 Å². The van der Waals surface area contributed by atoms with Crippen LogP contribution in [-0.2, 0) is 20.9 Å². The van der Waals surface area contributed by atoms with Gasteiger partial charge in [0.15, 0.2) is 0 Å². The van der Waals surface area contributed by atoms with Gasteiger partial charge in [-0.05, 0) is 25.5 Å². The molecular weight excluding hydrogens is 536 g/mol. The zero-order chi connectivity index (χ0) is 27.9. The van der Waals surface area contributed by atoms with Crippen LogP contribution < -0.4 is 4.74 Å². The number of ether oxygens (including phenoxy) is 2. The minimum absolute atomic E-state index is 0.0131. The monoisotopic (exact) mass is 559 g/mol. The quantitative estimate of drug-likeness (QED) is 0.527. The van der Waals surface area contributed by atoms with Crippen LogP contribution in [0.4, 0.5) is 26.3 Å². The average molecular weight is 559 g/mol. The number of likely N-dealkylation sites (tertiary alicyclic amines) is 1. The third kappa shape index (κ3) is 9.12. The second-order valence-electron chi connectivity index (χ2n) is 8.01. The van der Waals surface area contributed by atoms with E-state index in [-0.39, 0.29) is 5.60 Å². The molecule has 4 heterocycles. The molecule has 2 saturated heterocycles. The molecule has 2 fully saturated rings. The second kappa shape index (κ2) is 12.5. The summed E-state index contributed by atoms with van der Waals surface area (Å²) in [5.41, 5.74) is 3.07. The first-order valence-electron chi connectivity index (χ1n) is 10.5. The Bertz CT molecular complexity index is 1000. The van der Waals surface area contributed by atoms with E-state index in [0.29, 0.717) is 12.5 Å². The van der Waals surface area contributed by atoms with E-state index < -0.39 is 24.3 Å². The van der Waals surface area contributed by atoms with Crippen LogP contribution in [0.15, 0.2) is 30.0 Å². The van der Waals surface area contributed by atoms with Gasteiger partial charge in [-0.3, -0.25) is 9.88 Å². The highest BCUT2D eigenvalue weighted by molar-refractivity contribution is 7.09. The van der Waals surface area contributed by atoms with Crippen LogP contribution in [-0.4, -0.2) is 81.3 Å². The zero-order valence-electron chi connectivity index (χ0n) is 19.3. The number of alkyl halides is 6. The molecule has 2 aromatic rings. The van der Waals surface area contributed by atoms with Crippen LogP contribution >= 0.6 is 11.3 Å². The van der Waals surface area contributed by atoms with Gasteiger partial charge in [-0.15, -0.1) is 11.3 Å². The molecule has 9 nitrogen and oxygen atoms in total. The summed E-state index contributed by atoms with van der Waals surface area (Å²) in [6.45, 7) is 6.60. The van der Waals surface area contributed by atoms with Gasteiger partial charge >= 0.3 is 24.3 Å². The Balaban J connectivity index is 0.000000286. The number of pyridine rings is 1. The number of carbonyl (C=O) groups is 2. The number of thiazole rings is 1. The Morgan fingerprint density at radius 2 is 1.78 bits per heavy atom. The van der Waals surface area contributed by atoms with Crippen molar-refractivity contribution in [2.75, 3.05) is 26.3 Å². The summed E-state index contributed by atoms with van der Waals surface area (Å²) in [5.74, 6) is -4.22. The van der Waals surface area contributed by atoms with Crippen molar-refractivity contribution in [3.63, 3.8) is 0 Å². The maximum atomic E-state index is 10.6. The first kappa shape index (κ1) is 30.2. The first-order valence-corrected chi connectivity index (χ1v) is 11.4. The lowest BCUT2D eigenvalue weighted by Crippen LogP contribution is -2.64. The highest BCUT2D eigenvalue weighted by Gasteiger charge is 2.53. The molecule has 2 aliphatic heterocycles. The number of aromatic nitrogens is 2. The normalized spacial score (nSPS) is 18.6. The van der Waals surface area contributed by atoms with Gasteiger partial charge in [-0.2, -0.15) is 26.3 Å². The Morgan fingerprint density at radius 1 is 1.19 bits per heavy atom. The van der Waals surface area contributed by atoms with E-state index >= 15 is 0 Å². The lowest BCUT2D eigenvalue weighted by atomic mass is 9.81. The van der Waals surface area contributed by atoms with Gasteiger partial charge in [-0.1, -0.05) is 0 Å². The molecule has 37 heavy (non-hydrogen) atoms. The second-order valence-corrected chi connectivity index (χ2v) is 8.95. The van der Waals surface area contributed by atoms with Crippen molar-refractivity contribution in [3.8, 4) is 5.75 Å². The number of carboxylic acid groups (broad SMARTS) is 2. The van der Waals surface area contributed by atoms with Crippen molar-refractivity contribution in [2.24, 2.45) is 5.92 Å². The lowest BCUT2D eigenvalue weighted by molar-refractivity contribution is -0.193. The Labute approximate surface area is 210 Å². The number of halogens is 6. The molecule has 0 saturated carbocycles. The fourth-order valence-electron chi connectivity index (χ4n) is 3.50. The van der Waals surface area contributed by atoms with Gasteiger partial charge in [0.2, 0.25) is 0 Å². The number of carboxylic acids is 2.